The molecule has 14 rings (SSSR count). The number of hydrogen-bond donors (Lipinski definition) is 0. The lowest BCUT2D eigenvalue weighted by atomic mass is 9.43. The summed E-state index contributed by atoms with van der Waals surface area (Å²) in [6.45, 7) is 40.5. The molecule has 8 aromatic carbocycles. The van der Waals surface area contributed by atoms with Crippen molar-refractivity contribution in [2.75, 3.05) is 9.71 Å². The second kappa shape index (κ2) is 16.8. The van der Waals surface area contributed by atoms with Gasteiger partial charge in [0.2, 0.25) is 0 Å². The largest absolute Gasteiger partial charge is 0.455 e. The fourth-order valence-corrected chi connectivity index (χ4v) is 15.1. The summed E-state index contributed by atoms with van der Waals surface area (Å²) >= 11 is 0. The van der Waals surface area contributed by atoms with Crippen LogP contribution in [0.4, 0.5) is 28.4 Å². The molecule has 2 aromatic heterocycles. The number of fused-ring (bicyclic) bond motifs is 15. The number of nitrogens with zero attached hydrogens (tertiary/aromatic N) is 3. The number of anilines is 5. The van der Waals surface area contributed by atoms with Crippen molar-refractivity contribution in [1.29, 1.82) is 0 Å². The van der Waals surface area contributed by atoms with Gasteiger partial charge in [-0.3, -0.25) is 0 Å². The fraction of sp³-hybridized carbons (Fsp3) is 0.368. The van der Waals surface area contributed by atoms with Crippen LogP contribution in [0.15, 0.2) is 144 Å². The van der Waals surface area contributed by atoms with Crippen molar-refractivity contribution < 1.29 is 4.42 Å². The average Bonchev–Trinajstić information content (AvgIpc) is 2.63. The van der Waals surface area contributed by atoms with E-state index in [1.807, 2.05) is 0 Å². The topological polar surface area (TPSA) is 24.6 Å². The van der Waals surface area contributed by atoms with Crippen molar-refractivity contribution in [1.82, 2.24) is 4.57 Å². The first kappa shape index (κ1) is 52.1. The van der Waals surface area contributed by atoms with Crippen LogP contribution in [0.3, 0.4) is 0 Å². The maximum atomic E-state index is 7.52. The van der Waals surface area contributed by atoms with Gasteiger partial charge < -0.3 is 18.7 Å². The van der Waals surface area contributed by atoms with Gasteiger partial charge in [0.15, 0.2) is 0 Å². The molecule has 0 radical (unpaired) electrons. The molecule has 0 N–H and O–H groups in total. The zero-order chi connectivity index (χ0) is 57.0. The molecule has 410 valence electrons. The lowest BCUT2D eigenvalue weighted by molar-refractivity contribution is 0.332. The van der Waals surface area contributed by atoms with E-state index < -0.39 is 0 Å². The Morgan fingerprint density at radius 3 is 1.49 bits per heavy atom. The van der Waals surface area contributed by atoms with Gasteiger partial charge in [-0.1, -0.05) is 184 Å². The summed E-state index contributed by atoms with van der Waals surface area (Å²) in [7, 11) is 0. The van der Waals surface area contributed by atoms with Crippen LogP contribution in [-0.4, -0.2) is 11.4 Å². The molecule has 10 aromatic rings. The molecule has 2 aliphatic heterocycles. The first-order chi connectivity index (χ1) is 38.0. The molecule has 0 spiro atoms. The highest BCUT2D eigenvalue weighted by atomic mass is 16.3. The molecule has 0 unspecified atom stereocenters. The van der Waals surface area contributed by atoms with Gasteiger partial charge in [-0.25, -0.2) is 0 Å². The van der Waals surface area contributed by atoms with Gasteiger partial charge in [0.05, 0.1) is 11.0 Å². The molecule has 0 fully saturated rings. The number of hydrogen-bond acceptors (Lipinski definition) is 3. The Bertz CT molecular complexity index is 4210. The van der Waals surface area contributed by atoms with Crippen LogP contribution in [-0.2, 0) is 37.9 Å². The monoisotopic (exact) mass is 1060 g/mol. The predicted molar refractivity (Wildman–Crippen MR) is 348 cm³/mol. The molecule has 81 heavy (non-hydrogen) atoms. The fourth-order valence-electron chi connectivity index (χ4n) is 15.1. The van der Waals surface area contributed by atoms with Crippen LogP contribution in [0, 0.1) is 0 Å². The minimum Gasteiger partial charge on any atom is -0.455 e. The van der Waals surface area contributed by atoms with Gasteiger partial charge in [-0.05, 0) is 186 Å². The van der Waals surface area contributed by atoms with Crippen molar-refractivity contribution >= 4 is 90.0 Å². The number of aromatic nitrogens is 1. The predicted octanol–water partition coefficient (Wildman–Crippen LogP) is 20.0. The summed E-state index contributed by atoms with van der Waals surface area (Å²) in [5, 5.41) is 5.02. The van der Waals surface area contributed by atoms with E-state index in [0.29, 0.717) is 0 Å². The summed E-state index contributed by atoms with van der Waals surface area (Å²) in [6.07, 6.45) is 4.60. The second-order valence-electron chi connectivity index (χ2n) is 30.8. The van der Waals surface area contributed by atoms with E-state index in [1.54, 1.807) is 0 Å². The first-order valence-corrected chi connectivity index (χ1v) is 30.3. The minimum atomic E-state index is -0.200. The first-order valence-electron chi connectivity index (χ1n) is 30.3. The highest BCUT2D eigenvalue weighted by Crippen LogP contribution is 2.56. The zero-order valence-electron chi connectivity index (χ0n) is 51.4. The van der Waals surface area contributed by atoms with Crippen LogP contribution in [0.25, 0.3) is 60.6 Å². The summed E-state index contributed by atoms with van der Waals surface area (Å²) in [5.74, 6) is 0. The zero-order valence-corrected chi connectivity index (χ0v) is 51.4. The highest BCUT2D eigenvalue weighted by Gasteiger charge is 2.49. The lowest BCUT2D eigenvalue weighted by Crippen LogP contribution is -2.61. The van der Waals surface area contributed by atoms with Gasteiger partial charge in [0.25, 0.3) is 0 Å². The Hall–Kier alpha value is -6.98. The smallest absolute Gasteiger partial charge is 0.333 e. The van der Waals surface area contributed by atoms with Crippen molar-refractivity contribution in [3.05, 3.63) is 178 Å². The third-order valence-corrected chi connectivity index (χ3v) is 20.4. The Kier molecular flexibility index (Phi) is 10.8. The van der Waals surface area contributed by atoms with Gasteiger partial charge in [0, 0.05) is 66.8 Å². The lowest BCUT2D eigenvalue weighted by Gasteiger charge is -2.46. The summed E-state index contributed by atoms with van der Waals surface area (Å²) < 4.78 is 10.3. The normalized spacial score (nSPS) is 17.6. The van der Waals surface area contributed by atoms with E-state index in [4.69, 9.17) is 4.42 Å². The molecule has 0 saturated carbocycles. The molecule has 2 aliphatic carbocycles. The van der Waals surface area contributed by atoms with E-state index in [-0.39, 0.29) is 44.8 Å². The number of benzene rings is 8. The summed E-state index contributed by atoms with van der Waals surface area (Å²) in [4.78, 5) is 5.23. The van der Waals surface area contributed by atoms with Crippen molar-refractivity contribution in [3.63, 3.8) is 0 Å². The third kappa shape index (κ3) is 7.68. The van der Waals surface area contributed by atoms with Crippen molar-refractivity contribution in [2.24, 2.45) is 0 Å². The quantitative estimate of drug-likeness (QED) is 0.164. The molecule has 4 heterocycles. The SMILES string of the molecule is CC(C)(C)c1ccc(N2B3c4cc5c(cc4-n4c6cc7c(cc6c6c8c(oc9ccccc98)c(c3c64)-c3ccc(N(c4ccc(C(C)(C)C)cc4)c4ccc(C(C)(C)C)cc4)cc32)C(C)(C)CCC7(C)C)C(C)(C)CCC5(C)C)cc1. The number of furan rings is 1. The summed E-state index contributed by atoms with van der Waals surface area (Å²) in [5.41, 5.74) is 26.6. The molecular formula is C76H82BN3O. The van der Waals surface area contributed by atoms with Gasteiger partial charge in [0.1, 0.15) is 11.2 Å². The molecule has 0 amide bonds. The van der Waals surface area contributed by atoms with Gasteiger partial charge >= 0.3 is 6.85 Å². The average molecular weight is 1060 g/mol. The van der Waals surface area contributed by atoms with E-state index in [1.165, 1.54) is 111 Å². The van der Waals surface area contributed by atoms with Crippen LogP contribution < -0.4 is 20.6 Å². The maximum absolute atomic E-state index is 7.52. The Morgan fingerprint density at radius 2 is 0.951 bits per heavy atom. The molecular weight excluding hydrogens is 982 g/mol. The standard InChI is InChI=1S/C76H82BN3O/c1-70(2,3)45-22-28-48(29-23-45)78(49-30-24-46(25-31-49)71(4,5)6)51-34-35-52-61(40-51)80(50-32-26-47(27-33-50)72(7,8)9)77-59-42-56-58(76(16,17)39-37-74(56,12)13)44-62(59)79-60-43-57-55(73(10,11)36-38-75(57,14)15)41-54(60)64-65-53-20-18-19-21-63(53)81-69(65)66(52)67(77)68(64)79/h18-35,40-44H,36-39H2,1-17H3. The molecule has 4 nitrogen and oxygen atoms in total. The Balaban J connectivity index is 1.16. The highest BCUT2D eigenvalue weighted by molar-refractivity contribution is 6.94. The van der Waals surface area contributed by atoms with Crippen LogP contribution in [0.1, 0.15) is 182 Å². The minimum absolute atomic E-state index is 0.000542. The van der Waals surface area contributed by atoms with E-state index in [9.17, 15) is 0 Å². The van der Waals surface area contributed by atoms with Crippen molar-refractivity contribution in [2.45, 2.75) is 181 Å². The van der Waals surface area contributed by atoms with E-state index >= 15 is 0 Å². The maximum Gasteiger partial charge on any atom is 0.333 e. The van der Waals surface area contributed by atoms with Crippen LogP contribution in [0.2, 0.25) is 0 Å². The molecule has 0 atom stereocenters. The van der Waals surface area contributed by atoms with Gasteiger partial charge in [-0.15, -0.1) is 0 Å². The van der Waals surface area contributed by atoms with Crippen LogP contribution in [0.5, 0.6) is 0 Å². The Labute approximate surface area is 482 Å². The number of para-hydroxylation sites is 1. The molecule has 5 heteroatoms. The van der Waals surface area contributed by atoms with Crippen molar-refractivity contribution in [3.8, 4) is 16.8 Å². The summed E-state index contributed by atoms with van der Waals surface area (Å²) in [6, 6.07) is 55.1. The Morgan fingerprint density at radius 1 is 0.469 bits per heavy atom. The number of rotatable bonds is 4. The molecule has 4 aliphatic rings. The van der Waals surface area contributed by atoms with Crippen LogP contribution >= 0.6 is 0 Å². The molecule has 0 saturated heterocycles. The van der Waals surface area contributed by atoms with E-state index in [0.717, 1.165) is 53.9 Å². The molecule has 0 bridgehead atoms. The van der Waals surface area contributed by atoms with E-state index in [2.05, 4.69) is 272 Å². The van der Waals surface area contributed by atoms with Gasteiger partial charge in [-0.2, -0.15) is 0 Å². The third-order valence-electron chi connectivity index (χ3n) is 20.4. The second-order valence-corrected chi connectivity index (χ2v) is 30.8.